The Labute approximate surface area is 190 Å². The molecule has 1 fully saturated rings. The summed E-state index contributed by atoms with van der Waals surface area (Å²) in [6.45, 7) is 1.85. The van der Waals surface area contributed by atoms with Crippen molar-refractivity contribution in [2.45, 2.75) is 25.6 Å². The van der Waals surface area contributed by atoms with Gasteiger partial charge in [-0.2, -0.15) is 18.2 Å². The molecule has 4 rings (SSSR count). The molecule has 0 unspecified atom stereocenters. The second kappa shape index (κ2) is 9.41. The minimum atomic E-state index is -4.40. The van der Waals surface area contributed by atoms with Gasteiger partial charge in [0.1, 0.15) is 0 Å². The van der Waals surface area contributed by atoms with Gasteiger partial charge >= 0.3 is 6.18 Å². The number of hydrogen-bond acceptors (Lipinski definition) is 5. The molecule has 1 saturated heterocycles. The highest BCUT2D eigenvalue weighted by Gasteiger charge is 2.30. The molecule has 3 aromatic rings. The van der Waals surface area contributed by atoms with Gasteiger partial charge in [-0.05, 0) is 62.3 Å². The van der Waals surface area contributed by atoms with Crippen molar-refractivity contribution in [1.29, 1.82) is 0 Å². The van der Waals surface area contributed by atoms with Crippen LogP contribution in [-0.4, -0.2) is 34.0 Å². The molecule has 0 spiro atoms. The molecule has 2 aromatic carbocycles. The number of nitrogens with zero attached hydrogens (tertiary/aromatic N) is 3. The van der Waals surface area contributed by atoms with E-state index in [0.29, 0.717) is 49.9 Å². The molecule has 0 aliphatic carbocycles. The van der Waals surface area contributed by atoms with Gasteiger partial charge in [0.2, 0.25) is 17.6 Å². The average molecular weight is 509 g/mol. The lowest BCUT2D eigenvalue weighted by atomic mass is 9.96. The molecule has 0 radical (unpaired) electrons. The first-order chi connectivity index (χ1) is 15.3. The summed E-state index contributed by atoms with van der Waals surface area (Å²) in [6.07, 6.45) is -3.12. The summed E-state index contributed by atoms with van der Waals surface area (Å²) in [5, 5.41) is 6.75. The Morgan fingerprint density at radius 2 is 1.88 bits per heavy atom. The van der Waals surface area contributed by atoms with E-state index in [0.717, 1.165) is 22.2 Å². The molecule has 1 N–H and O–H groups in total. The number of hydrogen-bond donors (Lipinski definition) is 1. The SMILES string of the molecule is O=C(Nc1ccc(C(F)(F)F)cc1)C1CCN(Cc2nc(-c3cccc(Br)c3)no2)CC1. The first-order valence-electron chi connectivity index (χ1n) is 10.1. The largest absolute Gasteiger partial charge is 0.416 e. The predicted molar refractivity (Wildman–Crippen MR) is 116 cm³/mol. The van der Waals surface area contributed by atoms with Gasteiger partial charge in [0.25, 0.3) is 0 Å². The fourth-order valence-corrected chi connectivity index (χ4v) is 3.99. The Morgan fingerprint density at radius 3 is 2.53 bits per heavy atom. The molecule has 1 aromatic heterocycles. The highest BCUT2D eigenvalue weighted by atomic mass is 79.9. The van der Waals surface area contributed by atoms with Gasteiger partial charge in [-0.1, -0.05) is 33.2 Å². The zero-order chi connectivity index (χ0) is 22.7. The van der Waals surface area contributed by atoms with Gasteiger partial charge in [-0.25, -0.2) is 0 Å². The fraction of sp³-hybridized carbons (Fsp3) is 0.318. The highest BCUT2D eigenvalue weighted by Crippen LogP contribution is 2.30. The number of nitrogens with one attached hydrogen (secondary N) is 1. The van der Waals surface area contributed by atoms with E-state index in [4.69, 9.17) is 4.52 Å². The molecule has 1 amide bonds. The van der Waals surface area contributed by atoms with E-state index in [1.165, 1.54) is 12.1 Å². The molecular formula is C22H20BrF3N4O2. The number of carbonyl (C=O) groups excluding carboxylic acids is 1. The fourth-order valence-electron chi connectivity index (χ4n) is 3.60. The van der Waals surface area contributed by atoms with E-state index in [2.05, 4.69) is 36.3 Å². The Hall–Kier alpha value is -2.72. The summed E-state index contributed by atoms with van der Waals surface area (Å²) in [5.41, 5.74) is 0.470. The Kier molecular flexibility index (Phi) is 6.61. The lowest BCUT2D eigenvalue weighted by molar-refractivity contribution is -0.137. The standard InChI is InChI=1S/C22H20BrF3N4O2/c23-17-3-1-2-15(12-17)20-28-19(32-29-20)13-30-10-8-14(9-11-30)21(31)27-18-6-4-16(5-7-18)22(24,25)26/h1-7,12,14H,8-11,13H2,(H,27,31). The van der Waals surface area contributed by atoms with Gasteiger partial charge in [-0.3, -0.25) is 9.69 Å². The molecule has 32 heavy (non-hydrogen) atoms. The zero-order valence-corrected chi connectivity index (χ0v) is 18.5. The number of anilines is 1. The van der Waals surface area contributed by atoms with Crippen LogP contribution in [0.15, 0.2) is 57.5 Å². The number of alkyl halides is 3. The average Bonchev–Trinajstić information content (AvgIpc) is 3.22. The van der Waals surface area contributed by atoms with Gasteiger partial charge in [0.15, 0.2) is 0 Å². The minimum Gasteiger partial charge on any atom is -0.338 e. The quantitative estimate of drug-likeness (QED) is 0.501. The van der Waals surface area contributed by atoms with E-state index in [9.17, 15) is 18.0 Å². The summed E-state index contributed by atoms with van der Waals surface area (Å²) in [7, 11) is 0. The van der Waals surface area contributed by atoms with Crippen LogP contribution in [0.2, 0.25) is 0 Å². The van der Waals surface area contributed by atoms with Crippen LogP contribution >= 0.6 is 15.9 Å². The Bertz CT molecular complexity index is 1080. The van der Waals surface area contributed by atoms with Gasteiger partial charge < -0.3 is 9.84 Å². The molecule has 1 aliphatic rings. The zero-order valence-electron chi connectivity index (χ0n) is 16.9. The summed E-state index contributed by atoms with van der Waals surface area (Å²) in [4.78, 5) is 19.1. The van der Waals surface area contributed by atoms with Gasteiger partial charge in [0.05, 0.1) is 12.1 Å². The van der Waals surface area contributed by atoms with Crippen LogP contribution in [-0.2, 0) is 17.5 Å². The smallest absolute Gasteiger partial charge is 0.338 e. The van der Waals surface area contributed by atoms with E-state index in [1.807, 2.05) is 24.3 Å². The van der Waals surface area contributed by atoms with Crippen molar-refractivity contribution in [3.05, 3.63) is 64.5 Å². The number of benzene rings is 2. The van der Waals surface area contributed by atoms with E-state index >= 15 is 0 Å². The number of piperidine rings is 1. The van der Waals surface area contributed by atoms with Crippen molar-refractivity contribution < 1.29 is 22.5 Å². The normalized spacial score (nSPS) is 15.6. The van der Waals surface area contributed by atoms with Crippen molar-refractivity contribution in [2.24, 2.45) is 5.92 Å². The van der Waals surface area contributed by atoms with Crippen LogP contribution in [0.4, 0.5) is 18.9 Å². The van der Waals surface area contributed by atoms with Crippen LogP contribution in [0, 0.1) is 5.92 Å². The second-order valence-corrected chi connectivity index (χ2v) is 8.55. The lowest BCUT2D eigenvalue weighted by Crippen LogP contribution is -2.37. The topological polar surface area (TPSA) is 71.3 Å². The molecule has 0 bridgehead atoms. The van der Waals surface area contributed by atoms with Crippen LogP contribution < -0.4 is 5.32 Å². The van der Waals surface area contributed by atoms with E-state index < -0.39 is 11.7 Å². The third-order valence-corrected chi connectivity index (χ3v) is 5.84. The third kappa shape index (κ3) is 5.55. The summed E-state index contributed by atoms with van der Waals surface area (Å²) >= 11 is 3.42. The number of amides is 1. The number of likely N-dealkylation sites (tertiary alicyclic amines) is 1. The Balaban J connectivity index is 1.27. The minimum absolute atomic E-state index is 0.181. The number of aromatic nitrogens is 2. The maximum atomic E-state index is 12.7. The van der Waals surface area contributed by atoms with Crippen molar-refractivity contribution in [3.63, 3.8) is 0 Å². The first kappa shape index (κ1) is 22.5. The molecule has 0 atom stereocenters. The Morgan fingerprint density at radius 1 is 1.16 bits per heavy atom. The van der Waals surface area contributed by atoms with Crippen LogP contribution in [0.25, 0.3) is 11.4 Å². The molecule has 0 saturated carbocycles. The van der Waals surface area contributed by atoms with Crippen molar-refractivity contribution in [3.8, 4) is 11.4 Å². The van der Waals surface area contributed by atoms with Crippen molar-refractivity contribution in [1.82, 2.24) is 15.0 Å². The van der Waals surface area contributed by atoms with Crippen LogP contribution in [0.3, 0.4) is 0 Å². The van der Waals surface area contributed by atoms with Gasteiger partial charge in [0, 0.05) is 21.6 Å². The summed E-state index contributed by atoms with van der Waals surface area (Å²) in [5.74, 6) is 0.646. The van der Waals surface area contributed by atoms with Crippen LogP contribution in [0.1, 0.15) is 24.3 Å². The molecule has 1 aliphatic heterocycles. The first-order valence-corrected chi connectivity index (χ1v) is 10.9. The third-order valence-electron chi connectivity index (χ3n) is 5.35. The summed E-state index contributed by atoms with van der Waals surface area (Å²) < 4.78 is 44.3. The van der Waals surface area contributed by atoms with E-state index in [1.54, 1.807) is 0 Å². The molecular weight excluding hydrogens is 489 g/mol. The number of carbonyl (C=O) groups is 1. The lowest BCUT2D eigenvalue weighted by Gasteiger charge is -2.30. The number of halogens is 4. The molecule has 168 valence electrons. The van der Waals surface area contributed by atoms with Crippen molar-refractivity contribution in [2.75, 3.05) is 18.4 Å². The number of rotatable bonds is 5. The summed E-state index contributed by atoms with van der Waals surface area (Å²) in [6, 6.07) is 12.1. The predicted octanol–water partition coefficient (Wildman–Crippen LogP) is 5.37. The molecule has 10 heteroatoms. The molecule has 6 nitrogen and oxygen atoms in total. The monoisotopic (exact) mass is 508 g/mol. The van der Waals surface area contributed by atoms with E-state index in [-0.39, 0.29) is 11.8 Å². The molecule has 2 heterocycles. The second-order valence-electron chi connectivity index (χ2n) is 7.64. The maximum Gasteiger partial charge on any atom is 0.416 e. The van der Waals surface area contributed by atoms with Gasteiger partial charge in [-0.15, -0.1) is 0 Å². The maximum absolute atomic E-state index is 12.7. The highest BCUT2D eigenvalue weighted by molar-refractivity contribution is 9.10. The van der Waals surface area contributed by atoms with Crippen molar-refractivity contribution >= 4 is 27.5 Å². The van der Waals surface area contributed by atoms with Crippen LogP contribution in [0.5, 0.6) is 0 Å².